The van der Waals surface area contributed by atoms with E-state index in [1.165, 1.54) is 0 Å². The Balaban J connectivity index is 1.46. The molecule has 0 aromatic carbocycles. The van der Waals surface area contributed by atoms with Crippen LogP contribution in [0.1, 0.15) is 25.6 Å². The van der Waals surface area contributed by atoms with E-state index < -0.39 is 0 Å². The van der Waals surface area contributed by atoms with E-state index in [0.717, 1.165) is 44.3 Å². The van der Waals surface area contributed by atoms with Crippen molar-refractivity contribution in [3.05, 3.63) is 24.2 Å². The molecule has 10 nitrogen and oxygen atoms in total. The van der Waals surface area contributed by atoms with Crippen molar-refractivity contribution in [2.45, 2.75) is 32.2 Å². The molecule has 1 amide bonds. The Morgan fingerprint density at radius 2 is 2.24 bits per heavy atom. The van der Waals surface area contributed by atoms with Crippen LogP contribution >= 0.6 is 0 Å². The third kappa shape index (κ3) is 6.31. The highest BCUT2D eigenvalue weighted by atomic mass is 16.3. The minimum Gasteiger partial charge on any atom is -0.461 e. The van der Waals surface area contributed by atoms with Crippen LogP contribution in [0.3, 0.4) is 0 Å². The highest BCUT2D eigenvalue weighted by Gasteiger charge is 2.21. The number of aromatic nitrogens is 3. The van der Waals surface area contributed by atoms with Gasteiger partial charge in [-0.1, -0.05) is 0 Å². The van der Waals surface area contributed by atoms with Gasteiger partial charge in [-0.3, -0.25) is 19.8 Å². The Morgan fingerprint density at radius 1 is 1.41 bits per heavy atom. The van der Waals surface area contributed by atoms with Gasteiger partial charge in [0.1, 0.15) is 5.82 Å². The maximum atomic E-state index is 11.5. The summed E-state index contributed by atoms with van der Waals surface area (Å²) in [5, 5.41) is 16.6. The van der Waals surface area contributed by atoms with Gasteiger partial charge in [-0.05, 0) is 31.9 Å². The van der Waals surface area contributed by atoms with Gasteiger partial charge in [0.05, 0.1) is 12.8 Å². The summed E-state index contributed by atoms with van der Waals surface area (Å²) in [5.74, 6) is 2.85. The Labute approximate surface area is 170 Å². The lowest BCUT2D eigenvalue weighted by Gasteiger charge is -2.32. The fraction of sp³-hybridized carbons (Fsp3) is 0.579. The number of hydrogen-bond acceptors (Lipinski definition) is 6. The monoisotopic (exact) mass is 402 g/mol. The lowest BCUT2D eigenvalue weighted by molar-refractivity contribution is -0.122. The average Bonchev–Trinajstić information content (AvgIpc) is 3.41. The fourth-order valence-electron chi connectivity index (χ4n) is 3.23. The quantitative estimate of drug-likeness (QED) is 0.372. The maximum absolute atomic E-state index is 11.5. The topological polar surface area (TPSA) is 123 Å². The van der Waals surface area contributed by atoms with Crippen LogP contribution in [0, 0.1) is 0 Å². The number of carbonyl (C=O) groups is 1. The summed E-state index contributed by atoms with van der Waals surface area (Å²) in [6.07, 6.45) is 4.23. The number of rotatable bonds is 8. The van der Waals surface area contributed by atoms with Gasteiger partial charge in [-0.25, -0.2) is 4.98 Å². The number of likely N-dealkylation sites (N-methyl/N-ethyl adjacent to an activating group) is 1. The first-order valence-electron chi connectivity index (χ1n) is 10.1. The van der Waals surface area contributed by atoms with Crippen LogP contribution in [-0.4, -0.2) is 77.8 Å². The van der Waals surface area contributed by atoms with Crippen molar-refractivity contribution >= 4 is 11.9 Å². The molecule has 0 saturated carbocycles. The molecule has 0 atom stereocenters. The number of amides is 1. The van der Waals surface area contributed by atoms with E-state index in [2.05, 4.69) is 47.9 Å². The molecule has 1 fully saturated rings. The predicted octanol–water partition coefficient (Wildman–Crippen LogP) is 0.373. The van der Waals surface area contributed by atoms with Crippen LogP contribution in [0.4, 0.5) is 0 Å². The van der Waals surface area contributed by atoms with Crippen molar-refractivity contribution in [2.75, 3.05) is 39.8 Å². The molecule has 0 spiro atoms. The SMILES string of the molecule is CCNC(=NCCc1nc(-c2ccco2)n[nH]1)NC1CCN(CC(=O)NC)CC1. The van der Waals surface area contributed by atoms with Gasteiger partial charge in [0.2, 0.25) is 11.7 Å². The second-order valence-corrected chi connectivity index (χ2v) is 6.96. The lowest BCUT2D eigenvalue weighted by atomic mass is 10.1. The molecule has 1 aliphatic rings. The summed E-state index contributed by atoms with van der Waals surface area (Å²) in [6.45, 7) is 5.71. The number of likely N-dealkylation sites (tertiary alicyclic amines) is 1. The van der Waals surface area contributed by atoms with Crippen molar-refractivity contribution in [1.29, 1.82) is 0 Å². The van der Waals surface area contributed by atoms with Gasteiger partial charge in [0.25, 0.3) is 0 Å². The molecule has 158 valence electrons. The van der Waals surface area contributed by atoms with Crippen LogP contribution in [0.2, 0.25) is 0 Å². The Morgan fingerprint density at radius 3 is 2.93 bits per heavy atom. The van der Waals surface area contributed by atoms with Crippen molar-refractivity contribution in [2.24, 2.45) is 4.99 Å². The molecule has 2 aromatic heterocycles. The van der Waals surface area contributed by atoms with E-state index in [-0.39, 0.29) is 5.91 Å². The molecule has 1 saturated heterocycles. The number of guanidine groups is 1. The third-order valence-electron chi connectivity index (χ3n) is 4.81. The largest absolute Gasteiger partial charge is 0.461 e. The van der Waals surface area contributed by atoms with Crippen LogP contribution in [-0.2, 0) is 11.2 Å². The Bertz CT molecular complexity index is 778. The standard InChI is InChI=1S/C19H30N8O2/c1-3-21-19(23-14-7-10-27(11-8-14)13-17(28)20-2)22-9-6-16-24-18(26-25-16)15-5-4-12-29-15/h4-5,12,14H,3,6-11,13H2,1-2H3,(H,20,28)(H2,21,22,23)(H,24,25,26). The molecule has 1 aliphatic heterocycles. The van der Waals surface area contributed by atoms with Gasteiger partial charge >= 0.3 is 0 Å². The van der Waals surface area contributed by atoms with Gasteiger partial charge in [-0.2, -0.15) is 5.10 Å². The fourth-order valence-corrected chi connectivity index (χ4v) is 3.23. The summed E-state index contributed by atoms with van der Waals surface area (Å²) >= 11 is 0. The molecule has 0 aliphatic carbocycles. The molecule has 3 rings (SSSR count). The number of piperidine rings is 1. The smallest absolute Gasteiger partial charge is 0.233 e. The zero-order chi connectivity index (χ0) is 20.5. The van der Waals surface area contributed by atoms with E-state index in [9.17, 15) is 4.79 Å². The number of carbonyl (C=O) groups excluding carboxylic acids is 1. The van der Waals surface area contributed by atoms with Crippen molar-refractivity contribution in [3.63, 3.8) is 0 Å². The normalized spacial score (nSPS) is 16.0. The highest BCUT2D eigenvalue weighted by Crippen LogP contribution is 2.14. The first kappa shape index (κ1) is 20.8. The number of furan rings is 1. The molecular formula is C19H30N8O2. The maximum Gasteiger partial charge on any atom is 0.233 e. The van der Waals surface area contributed by atoms with Gasteiger partial charge in [0.15, 0.2) is 11.7 Å². The second-order valence-electron chi connectivity index (χ2n) is 6.96. The Kier molecular flexibility index (Phi) is 7.62. The molecule has 4 N–H and O–H groups in total. The average molecular weight is 403 g/mol. The zero-order valence-corrected chi connectivity index (χ0v) is 17.1. The highest BCUT2D eigenvalue weighted by molar-refractivity contribution is 5.80. The number of aromatic amines is 1. The predicted molar refractivity (Wildman–Crippen MR) is 110 cm³/mol. The Hall–Kier alpha value is -2.88. The van der Waals surface area contributed by atoms with Crippen molar-refractivity contribution in [1.82, 2.24) is 36.0 Å². The molecule has 0 radical (unpaired) electrons. The van der Waals surface area contributed by atoms with Crippen molar-refractivity contribution < 1.29 is 9.21 Å². The van der Waals surface area contributed by atoms with Crippen LogP contribution in [0.25, 0.3) is 11.6 Å². The molecule has 0 bridgehead atoms. The number of aliphatic imine (C=N–C) groups is 1. The van der Waals surface area contributed by atoms with Gasteiger partial charge in [0, 0.05) is 45.7 Å². The minimum absolute atomic E-state index is 0.0638. The molecule has 0 unspecified atom stereocenters. The van der Waals surface area contributed by atoms with Crippen LogP contribution < -0.4 is 16.0 Å². The van der Waals surface area contributed by atoms with E-state index in [1.807, 2.05) is 12.1 Å². The summed E-state index contributed by atoms with van der Waals surface area (Å²) in [4.78, 5) is 22.8. The van der Waals surface area contributed by atoms with E-state index in [0.29, 0.717) is 37.1 Å². The van der Waals surface area contributed by atoms with Gasteiger partial charge in [-0.15, -0.1) is 0 Å². The number of H-pyrrole nitrogens is 1. The molecule has 29 heavy (non-hydrogen) atoms. The number of nitrogens with one attached hydrogen (secondary N) is 4. The van der Waals surface area contributed by atoms with Crippen molar-refractivity contribution in [3.8, 4) is 11.6 Å². The van der Waals surface area contributed by atoms with Crippen LogP contribution in [0.5, 0.6) is 0 Å². The first-order valence-corrected chi connectivity index (χ1v) is 10.1. The summed E-state index contributed by atoms with van der Waals surface area (Å²) in [6, 6.07) is 4.00. The summed E-state index contributed by atoms with van der Waals surface area (Å²) in [5.41, 5.74) is 0. The van der Waals surface area contributed by atoms with Crippen LogP contribution in [0.15, 0.2) is 27.8 Å². The minimum atomic E-state index is 0.0638. The van der Waals surface area contributed by atoms with E-state index >= 15 is 0 Å². The second kappa shape index (κ2) is 10.6. The molecule has 2 aromatic rings. The van der Waals surface area contributed by atoms with Gasteiger partial charge < -0.3 is 20.4 Å². The molecule has 3 heterocycles. The summed E-state index contributed by atoms with van der Waals surface area (Å²) in [7, 11) is 1.67. The number of hydrogen-bond donors (Lipinski definition) is 4. The summed E-state index contributed by atoms with van der Waals surface area (Å²) < 4.78 is 5.31. The molecular weight excluding hydrogens is 372 g/mol. The first-order chi connectivity index (χ1) is 14.2. The zero-order valence-electron chi connectivity index (χ0n) is 17.1. The third-order valence-corrected chi connectivity index (χ3v) is 4.81. The number of nitrogens with zero attached hydrogens (tertiary/aromatic N) is 4. The van der Waals surface area contributed by atoms with E-state index in [4.69, 9.17) is 4.42 Å². The molecule has 10 heteroatoms. The van der Waals surface area contributed by atoms with E-state index in [1.54, 1.807) is 13.3 Å². The lowest BCUT2D eigenvalue weighted by Crippen LogP contribution is -2.50.